The first-order chi connectivity index (χ1) is 7.74. The molecule has 0 spiro atoms. The lowest BCUT2D eigenvalue weighted by Crippen LogP contribution is -2.26. The smallest absolute Gasteiger partial charge is 0.126 e. The number of hydrogen-bond donors (Lipinski definition) is 1. The molecule has 3 rings (SSSR count). The Hall–Kier alpha value is -1.13. The van der Waals surface area contributed by atoms with Crippen LogP contribution in [0.15, 0.2) is 23.7 Å². The lowest BCUT2D eigenvalue weighted by atomic mass is 9.98. The number of imidazole rings is 1. The summed E-state index contributed by atoms with van der Waals surface area (Å²) in [7, 11) is 0. The minimum absolute atomic E-state index is 0.0949. The van der Waals surface area contributed by atoms with E-state index in [0.29, 0.717) is 5.92 Å². The fourth-order valence-electron chi connectivity index (χ4n) is 2.36. The molecule has 16 heavy (non-hydrogen) atoms. The molecule has 4 heteroatoms. The lowest BCUT2D eigenvalue weighted by molar-refractivity contribution is 0.346. The first-order valence-electron chi connectivity index (χ1n) is 5.60. The number of aromatic nitrogens is 2. The average Bonchev–Trinajstić information content (AvgIpc) is 2.82. The number of nitrogens with zero attached hydrogens (tertiary/aromatic N) is 2. The molecule has 0 aromatic carbocycles. The van der Waals surface area contributed by atoms with Crippen molar-refractivity contribution in [2.24, 2.45) is 11.7 Å². The van der Waals surface area contributed by atoms with Gasteiger partial charge >= 0.3 is 0 Å². The quantitative estimate of drug-likeness (QED) is 0.823. The standard InChI is InChI=1S/C12H15N3S/c1-8-5-9(13)12-14-10(7-15(12)6-8)11-3-2-4-16-11/h2-4,7-9H,5-6,13H2,1H3. The summed E-state index contributed by atoms with van der Waals surface area (Å²) in [6.45, 7) is 3.29. The van der Waals surface area contributed by atoms with Crippen molar-refractivity contribution in [3.8, 4) is 10.6 Å². The second-order valence-corrected chi connectivity index (χ2v) is 5.51. The van der Waals surface area contributed by atoms with Crippen molar-refractivity contribution >= 4 is 11.3 Å². The zero-order valence-electron chi connectivity index (χ0n) is 9.26. The Morgan fingerprint density at radius 1 is 1.56 bits per heavy atom. The Morgan fingerprint density at radius 3 is 3.19 bits per heavy atom. The Morgan fingerprint density at radius 2 is 2.44 bits per heavy atom. The highest BCUT2D eigenvalue weighted by Gasteiger charge is 2.24. The number of hydrogen-bond acceptors (Lipinski definition) is 3. The van der Waals surface area contributed by atoms with Crippen LogP contribution in [0.4, 0.5) is 0 Å². The van der Waals surface area contributed by atoms with Gasteiger partial charge in [-0.05, 0) is 23.8 Å². The molecule has 3 nitrogen and oxygen atoms in total. The average molecular weight is 233 g/mol. The van der Waals surface area contributed by atoms with Gasteiger partial charge in [0.1, 0.15) is 5.82 Å². The third-order valence-electron chi connectivity index (χ3n) is 3.08. The van der Waals surface area contributed by atoms with Crippen LogP contribution in [0.5, 0.6) is 0 Å². The van der Waals surface area contributed by atoms with E-state index in [-0.39, 0.29) is 6.04 Å². The van der Waals surface area contributed by atoms with Crippen molar-refractivity contribution < 1.29 is 0 Å². The molecular weight excluding hydrogens is 218 g/mol. The highest BCUT2D eigenvalue weighted by atomic mass is 32.1. The predicted octanol–water partition coefficient (Wildman–Crippen LogP) is 2.65. The van der Waals surface area contributed by atoms with E-state index in [0.717, 1.165) is 24.5 Å². The second-order valence-electron chi connectivity index (χ2n) is 4.56. The summed E-state index contributed by atoms with van der Waals surface area (Å²) in [6.07, 6.45) is 3.18. The van der Waals surface area contributed by atoms with Crippen LogP contribution in [-0.2, 0) is 6.54 Å². The number of nitrogens with two attached hydrogens (primary N) is 1. The number of thiophene rings is 1. The van der Waals surface area contributed by atoms with Crippen LogP contribution >= 0.6 is 11.3 Å². The van der Waals surface area contributed by atoms with Gasteiger partial charge in [0.25, 0.3) is 0 Å². The van der Waals surface area contributed by atoms with Gasteiger partial charge in [-0.3, -0.25) is 0 Å². The molecule has 0 amide bonds. The monoisotopic (exact) mass is 233 g/mol. The van der Waals surface area contributed by atoms with E-state index in [2.05, 4.69) is 40.2 Å². The minimum Gasteiger partial charge on any atom is -0.333 e. The van der Waals surface area contributed by atoms with Gasteiger partial charge in [-0.1, -0.05) is 13.0 Å². The third kappa shape index (κ3) is 1.58. The molecule has 0 saturated heterocycles. The summed E-state index contributed by atoms with van der Waals surface area (Å²) in [4.78, 5) is 5.88. The van der Waals surface area contributed by atoms with E-state index >= 15 is 0 Å². The summed E-state index contributed by atoms with van der Waals surface area (Å²) in [5, 5.41) is 2.08. The summed E-state index contributed by atoms with van der Waals surface area (Å²) in [5.41, 5.74) is 7.19. The van der Waals surface area contributed by atoms with Crippen LogP contribution in [-0.4, -0.2) is 9.55 Å². The van der Waals surface area contributed by atoms with Gasteiger partial charge in [0.05, 0.1) is 16.6 Å². The van der Waals surface area contributed by atoms with Gasteiger partial charge in [-0.2, -0.15) is 0 Å². The fourth-order valence-corrected chi connectivity index (χ4v) is 3.04. The Balaban J connectivity index is 2.03. The van der Waals surface area contributed by atoms with E-state index in [4.69, 9.17) is 5.73 Å². The SMILES string of the molecule is CC1CC(N)c2nc(-c3cccs3)cn2C1. The summed E-state index contributed by atoms with van der Waals surface area (Å²) in [6, 6.07) is 4.26. The molecule has 0 saturated carbocycles. The van der Waals surface area contributed by atoms with Gasteiger partial charge in [0.2, 0.25) is 0 Å². The molecule has 0 aliphatic carbocycles. The van der Waals surface area contributed by atoms with Crippen molar-refractivity contribution in [3.05, 3.63) is 29.5 Å². The van der Waals surface area contributed by atoms with Crippen LogP contribution in [0, 0.1) is 5.92 Å². The fraction of sp³-hybridized carbons (Fsp3) is 0.417. The largest absolute Gasteiger partial charge is 0.333 e. The van der Waals surface area contributed by atoms with Crippen molar-refractivity contribution in [1.29, 1.82) is 0 Å². The van der Waals surface area contributed by atoms with Gasteiger partial charge in [0.15, 0.2) is 0 Å². The van der Waals surface area contributed by atoms with Crippen molar-refractivity contribution in [2.45, 2.75) is 25.9 Å². The molecule has 2 aromatic heterocycles. The first kappa shape index (κ1) is 10.1. The van der Waals surface area contributed by atoms with E-state index in [9.17, 15) is 0 Å². The molecule has 0 radical (unpaired) electrons. The summed E-state index contributed by atoms with van der Waals surface area (Å²) >= 11 is 1.72. The van der Waals surface area contributed by atoms with Crippen molar-refractivity contribution in [3.63, 3.8) is 0 Å². The van der Waals surface area contributed by atoms with E-state index in [1.54, 1.807) is 11.3 Å². The van der Waals surface area contributed by atoms with Crippen molar-refractivity contribution in [2.75, 3.05) is 0 Å². The van der Waals surface area contributed by atoms with Gasteiger partial charge < -0.3 is 10.3 Å². The first-order valence-corrected chi connectivity index (χ1v) is 6.48. The topological polar surface area (TPSA) is 43.8 Å². The van der Waals surface area contributed by atoms with E-state index in [1.165, 1.54) is 4.88 Å². The minimum atomic E-state index is 0.0949. The molecule has 2 atom stereocenters. The molecule has 0 bridgehead atoms. The molecule has 2 aromatic rings. The molecule has 84 valence electrons. The number of rotatable bonds is 1. The molecule has 2 N–H and O–H groups in total. The molecule has 1 aliphatic heterocycles. The van der Waals surface area contributed by atoms with Crippen LogP contribution < -0.4 is 5.73 Å². The van der Waals surface area contributed by atoms with Crippen LogP contribution in [0.3, 0.4) is 0 Å². The summed E-state index contributed by atoms with van der Waals surface area (Å²) < 4.78 is 2.22. The maximum Gasteiger partial charge on any atom is 0.126 e. The highest BCUT2D eigenvalue weighted by molar-refractivity contribution is 7.13. The van der Waals surface area contributed by atoms with Gasteiger partial charge in [-0.15, -0.1) is 11.3 Å². The maximum atomic E-state index is 6.12. The lowest BCUT2D eigenvalue weighted by Gasteiger charge is -2.25. The second kappa shape index (κ2) is 3.71. The predicted molar refractivity (Wildman–Crippen MR) is 66.2 cm³/mol. The zero-order chi connectivity index (χ0) is 11.1. The molecule has 2 unspecified atom stereocenters. The highest BCUT2D eigenvalue weighted by Crippen LogP contribution is 2.30. The Kier molecular flexibility index (Phi) is 2.33. The van der Waals surface area contributed by atoms with Gasteiger partial charge in [0, 0.05) is 12.7 Å². The Bertz CT molecular complexity index is 486. The molecule has 0 fully saturated rings. The maximum absolute atomic E-state index is 6.12. The molecule has 3 heterocycles. The van der Waals surface area contributed by atoms with Gasteiger partial charge in [-0.25, -0.2) is 4.98 Å². The van der Waals surface area contributed by atoms with E-state index < -0.39 is 0 Å². The zero-order valence-corrected chi connectivity index (χ0v) is 10.1. The van der Waals surface area contributed by atoms with E-state index in [1.807, 2.05) is 0 Å². The number of fused-ring (bicyclic) bond motifs is 1. The van der Waals surface area contributed by atoms with Crippen LogP contribution in [0.1, 0.15) is 25.2 Å². The van der Waals surface area contributed by atoms with Crippen molar-refractivity contribution in [1.82, 2.24) is 9.55 Å². The van der Waals surface area contributed by atoms with Crippen LogP contribution in [0.2, 0.25) is 0 Å². The third-order valence-corrected chi connectivity index (χ3v) is 3.97. The molecular formula is C12H15N3S. The normalized spacial score (nSPS) is 24.4. The summed E-state index contributed by atoms with van der Waals surface area (Å²) in [5.74, 6) is 1.69. The Labute approximate surface area is 98.9 Å². The molecule has 1 aliphatic rings. The van der Waals surface area contributed by atoms with Crippen LogP contribution in [0.25, 0.3) is 10.6 Å².